The molecule has 0 aliphatic heterocycles. The van der Waals surface area contributed by atoms with Crippen LogP contribution in [0.3, 0.4) is 0 Å². The van der Waals surface area contributed by atoms with Crippen LogP contribution in [0.5, 0.6) is 0 Å². The molecule has 90 valence electrons. The van der Waals surface area contributed by atoms with Crippen LogP contribution < -0.4 is 5.73 Å². The summed E-state index contributed by atoms with van der Waals surface area (Å²) in [7, 11) is 0. The summed E-state index contributed by atoms with van der Waals surface area (Å²) < 4.78 is 2.32. The second-order valence-corrected chi connectivity index (χ2v) is 5.35. The SMILES string of the molecule is CC(C)C(CN)c1cncn1CC1CCC1. The number of nitrogens with two attached hydrogens (primary N) is 1. The average molecular weight is 221 g/mol. The number of rotatable bonds is 5. The monoisotopic (exact) mass is 221 g/mol. The van der Waals surface area contributed by atoms with E-state index in [0.717, 1.165) is 12.5 Å². The predicted molar refractivity (Wildman–Crippen MR) is 66.2 cm³/mol. The first-order chi connectivity index (χ1) is 7.72. The second-order valence-electron chi connectivity index (χ2n) is 5.35. The van der Waals surface area contributed by atoms with Crippen molar-refractivity contribution in [2.45, 2.75) is 45.6 Å². The molecular formula is C13H23N3. The van der Waals surface area contributed by atoms with Gasteiger partial charge in [0, 0.05) is 30.9 Å². The number of imidazole rings is 1. The highest BCUT2D eigenvalue weighted by atomic mass is 15.1. The Hall–Kier alpha value is -0.830. The lowest BCUT2D eigenvalue weighted by molar-refractivity contribution is 0.270. The molecule has 2 rings (SSSR count). The fourth-order valence-electron chi connectivity index (χ4n) is 2.48. The summed E-state index contributed by atoms with van der Waals surface area (Å²) in [4.78, 5) is 4.29. The Morgan fingerprint density at radius 3 is 2.75 bits per heavy atom. The summed E-state index contributed by atoms with van der Waals surface area (Å²) in [6, 6.07) is 0. The van der Waals surface area contributed by atoms with Gasteiger partial charge in [0.1, 0.15) is 0 Å². The molecule has 0 bridgehead atoms. The van der Waals surface area contributed by atoms with Crippen molar-refractivity contribution in [2.24, 2.45) is 17.6 Å². The van der Waals surface area contributed by atoms with Crippen LogP contribution in [-0.4, -0.2) is 16.1 Å². The van der Waals surface area contributed by atoms with Gasteiger partial charge in [-0.15, -0.1) is 0 Å². The molecule has 3 heteroatoms. The van der Waals surface area contributed by atoms with Gasteiger partial charge >= 0.3 is 0 Å². The Balaban J connectivity index is 2.10. The smallest absolute Gasteiger partial charge is 0.0948 e. The molecule has 0 radical (unpaired) electrons. The Morgan fingerprint density at radius 2 is 2.25 bits per heavy atom. The largest absolute Gasteiger partial charge is 0.334 e. The lowest BCUT2D eigenvalue weighted by Gasteiger charge is -2.28. The zero-order chi connectivity index (χ0) is 11.5. The first kappa shape index (κ1) is 11.6. The van der Waals surface area contributed by atoms with Crippen LogP contribution in [0.1, 0.15) is 44.7 Å². The summed E-state index contributed by atoms with van der Waals surface area (Å²) >= 11 is 0. The fraction of sp³-hybridized carbons (Fsp3) is 0.769. The molecule has 2 N–H and O–H groups in total. The molecule has 1 atom stereocenters. The number of hydrogen-bond donors (Lipinski definition) is 1. The summed E-state index contributed by atoms with van der Waals surface area (Å²) in [6.07, 6.45) is 8.13. The first-order valence-corrected chi connectivity index (χ1v) is 6.42. The Kier molecular flexibility index (Phi) is 3.64. The number of hydrogen-bond acceptors (Lipinski definition) is 2. The Bertz CT molecular complexity index is 326. The van der Waals surface area contributed by atoms with Crippen molar-refractivity contribution >= 4 is 0 Å². The third-order valence-corrected chi connectivity index (χ3v) is 3.86. The standard InChI is InChI=1S/C13H23N3/c1-10(2)12(6-14)13-7-15-9-16(13)8-11-4-3-5-11/h7,9-12H,3-6,8,14H2,1-2H3. The van der Waals surface area contributed by atoms with E-state index in [1.54, 1.807) is 0 Å². The van der Waals surface area contributed by atoms with Crippen LogP contribution in [0.2, 0.25) is 0 Å². The molecule has 0 spiro atoms. The van der Waals surface area contributed by atoms with Gasteiger partial charge in [-0.1, -0.05) is 20.3 Å². The highest BCUT2D eigenvalue weighted by Gasteiger charge is 2.22. The Labute approximate surface area is 98.1 Å². The van der Waals surface area contributed by atoms with E-state index in [0.29, 0.717) is 18.4 Å². The second kappa shape index (κ2) is 5.00. The molecule has 1 aromatic rings. The molecule has 3 nitrogen and oxygen atoms in total. The minimum absolute atomic E-state index is 0.447. The average Bonchev–Trinajstić information content (AvgIpc) is 2.60. The normalized spacial score (nSPS) is 18.8. The van der Waals surface area contributed by atoms with E-state index in [9.17, 15) is 0 Å². The van der Waals surface area contributed by atoms with Gasteiger partial charge < -0.3 is 10.3 Å². The van der Waals surface area contributed by atoms with Gasteiger partial charge in [-0.3, -0.25) is 0 Å². The van der Waals surface area contributed by atoms with Gasteiger partial charge in [-0.25, -0.2) is 4.98 Å². The molecular weight excluding hydrogens is 198 g/mol. The van der Waals surface area contributed by atoms with E-state index in [-0.39, 0.29) is 0 Å². The molecule has 1 aliphatic carbocycles. The number of nitrogens with zero attached hydrogens (tertiary/aromatic N) is 2. The molecule has 0 saturated heterocycles. The van der Waals surface area contributed by atoms with Crippen molar-refractivity contribution < 1.29 is 0 Å². The predicted octanol–water partition coefficient (Wildman–Crippen LogP) is 2.38. The maximum Gasteiger partial charge on any atom is 0.0948 e. The van der Waals surface area contributed by atoms with Crippen LogP contribution in [0.15, 0.2) is 12.5 Å². The van der Waals surface area contributed by atoms with Crippen LogP contribution in [-0.2, 0) is 6.54 Å². The lowest BCUT2D eigenvalue weighted by atomic mass is 9.85. The first-order valence-electron chi connectivity index (χ1n) is 6.42. The Morgan fingerprint density at radius 1 is 1.50 bits per heavy atom. The van der Waals surface area contributed by atoms with Crippen molar-refractivity contribution in [3.63, 3.8) is 0 Å². The maximum atomic E-state index is 5.87. The van der Waals surface area contributed by atoms with Crippen LogP contribution >= 0.6 is 0 Å². The molecule has 1 aliphatic rings. The third kappa shape index (κ3) is 2.29. The molecule has 1 fully saturated rings. The summed E-state index contributed by atoms with van der Waals surface area (Å²) in [5.41, 5.74) is 7.19. The number of aromatic nitrogens is 2. The molecule has 1 unspecified atom stereocenters. The van der Waals surface area contributed by atoms with Gasteiger partial charge in [0.2, 0.25) is 0 Å². The molecule has 0 amide bonds. The van der Waals surface area contributed by atoms with Gasteiger partial charge in [0.15, 0.2) is 0 Å². The molecule has 1 aromatic heterocycles. The van der Waals surface area contributed by atoms with E-state index >= 15 is 0 Å². The minimum Gasteiger partial charge on any atom is -0.334 e. The minimum atomic E-state index is 0.447. The van der Waals surface area contributed by atoms with Crippen LogP contribution in [0, 0.1) is 11.8 Å². The van der Waals surface area contributed by atoms with E-state index < -0.39 is 0 Å². The van der Waals surface area contributed by atoms with Crippen molar-refractivity contribution in [1.82, 2.24) is 9.55 Å². The highest BCUT2D eigenvalue weighted by molar-refractivity contribution is 5.08. The summed E-state index contributed by atoms with van der Waals surface area (Å²) in [5, 5.41) is 0. The van der Waals surface area contributed by atoms with Crippen molar-refractivity contribution in [3.05, 3.63) is 18.2 Å². The van der Waals surface area contributed by atoms with Gasteiger partial charge in [0.05, 0.1) is 6.33 Å². The fourth-order valence-corrected chi connectivity index (χ4v) is 2.48. The van der Waals surface area contributed by atoms with Crippen molar-refractivity contribution in [2.75, 3.05) is 6.54 Å². The van der Waals surface area contributed by atoms with Crippen LogP contribution in [0.25, 0.3) is 0 Å². The molecule has 16 heavy (non-hydrogen) atoms. The zero-order valence-electron chi connectivity index (χ0n) is 10.4. The molecule has 1 saturated carbocycles. The maximum absolute atomic E-state index is 5.87. The van der Waals surface area contributed by atoms with E-state index in [1.807, 2.05) is 12.5 Å². The molecule has 0 aromatic carbocycles. The van der Waals surface area contributed by atoms with Gasteiger partial charge in [-0.05, 0) is 24.7 Å². The quantitative estimate of drug-likeness (QED) is 0.829. The van der Waals surface area contributed by atoms with Gasteiger partial charge in [0.25, 0.3) is 0 Å². The molecule has 1 heterocycles. The van der Waals surface area contributed by atoms with E-state index in [1.165, 1.54) is 25.0 Å². The zero-order valence-corrected chi connectivity index (χ0v) is 10.4. The lowest BCUT2D eigenvalue weighted by Crippen LogP contribution is -2.24. The summed E-state index contributed by atoms with van der Waals surface area (Å²) in [6.45, 7) is 6.32. The topological polar surface area (TPSA) is 43.8 Å². The van der Waals surface area contributed by atoms with Crippen molar-refractivity contribution in [1.29, 1.82) is 0 Å². The summed E-state index contributed by atoms with van der Waals surface area (Å²) in [5.74, 6) is 1.91. The van der Waals surface area contributed by atoms with E-state index in [4.69, 9.17) is 5.73 Å². The van der Waals surface area contributed by atoms with Gasteiger partial charge in [-0.2, -0.15) is 0 Å². The van der Waals surface area contributed by atoms with Crippen LogP contribution in [0.4, 0.5) is 0 Å². The third-order valence-electron chi connectivity index (χ3n) is 3.86. The van der Waals surface area contributed by atoms with E-state index in [2.05, 4.69) is 23.4 Å². The van der Waals surface area contributed by atoms with Crippen molar-refractivity contribution in [3.8, 4) is 0 Å². The highest BCUT2D eigenvalue weighted by Crippen LogP contribution is 2.30.